The van der Waals surface area contributed by atoms with Gasteiger partial charge in [0.25, 0.3) is 0 Å². The number of aryl methyl sites for hydroxylation is 1. The lowest BCUT2D eigenvalue weighted by molar-refractivity contribution is -0.139. The first-order valence-electron chi connectivity index (χ1n) is 13.1. The largest absolute Gasteiger partial charge is 0.463 e. The van der Waals surface area contributed by atoms with Crippen LogP contribution in [0.15, 0.2) is 70.8 Å². The Morgan fingerprint density at radius 1 is 1.00 bits per heavy atom. The molecule has 0 bridgehead atoms. The normalized spacial score (nSPS) is 19.7. The Balaban J connectivity index is 1.64. The molecule has 204 valence electrons. The summed E-state index contributed by atoms with van der Waals surface area (Å²) in [7, 11) is -3.60. The molecule has 0 spiro atoms. The molecule has 1 atom stereocenters. The van der Waals surface area contributed by atoms with E-state index in [0.717, 1.165) is 11.1 Å². The van der Waals surface area contributed by atoms with E-state index < -0.39 is 22.0 Å². The quantitative estimate of drug-likeness (QED) is 0.516. The molecule has 1 N–H and O–H groups in total. The summed E-state index contributed by atoms with van der Waals surface area (Å²) in [6, 6.07) is 15.3. The van der Waals surface area contributed by atoms with Crippen LogP contribution in [-0.4, -0.2) is 80.4 Å². The third-order valence-corrected chi connectivity index (χ3v) is 8.88. The first-order valence-corrected chi connectivity index (χ1v) is 14.5. The van der Waals surface area contributed by atoms with Gasteiger partial charge in [0.05, 0.1) is 23.1 Å². The summed E-state index contributed by atoms with van der Waals surface area (Å²) in [5, 5.41) is 2.99. The van der Waals surface area contributed by atoms with Crippen molar-refractivity contribution in [1.29, 1.82) is 0 Å². The maximum Gasteiger partial charge on any atom is 0.338 e. The van der Waals surface area contributed by atoms with Gasteiger partial charge >= 0.3 is 12.0 Å². The molecule has 0 aromatic heterocycles. The van der Waals surface area contributed by atoms with Gasteiger partial charge in [-0.3, -0.25) is 9.80 Å². The van der Waals surface area contributed by atoms with Crippen molar-refractivity contribution < 1.29 is 22.7 Å². The summed E-state index contributed by atoms with van der Waals surface area (Å²) in [5.41, 5.74) is 2.89. The highest BCUT2D eigenvalue weighted by atomic mass is 32.2. The van der Waals surface area contributed by atoms with Crippen LogP contribution >= 0.6 is 0 Å². The Morgan fingerprint density at radius 2 is 1.71 bits per heavy atom. The van der Waals surface area contributed by atoms with Crippen molar-refractivity contribution in [3.8, 4) is 0 Å². The number of urea groups is 1. The summed E-state index contributed by atoms with van der Waals surface area (Å²) >= 11 is 0. The number of nitrogens with zero attached hydrogens (tertiary/aromatic N) is 3. The average Bonchev–Trinajstić information content (AvgIpc) is 3.16. The Labute approximate surface area is 225 Å². The van der Waals surface area contributed by atoms with Crippen LogP contribution in [0.3, 0.4) is 0 Å². The lowest BCUT2D eigenvalue weighted by Gasteiger charge is -2.38. The Kier molecular flexibility index (Phi) is 8.86. The Bertz CT molecular complexity index is 1280. The first kappa shape index (κ1) is 27.8. The van der Waals surface area contributed by atoms with Crippen LogP contribution in [0.25, 0.3) is 0 Å². The summed E-state index contributed by atoms with van der Waals surface area (Å²) in [4.78, 5) is 30.5. The third-order valence-electron chi connectivity index (χ3n) is 6.96. The van der Waals surface area contributed by atoms with E-state index in [9.17, 15) is 18.0 Å². The van der Waals surface area contributed by atoms with Crippen LogP contribution in [0.1, 0.15) is 37.4 Å². The second-order valence-electron chi connectivity index (χ2n) is 9.47. The number of ether oxygens (including phenoxy) is 1. The molecule has 9 nitrogen and oxygen atoms in total. The Hall–Kier alpha value is -3.21. The van der Waals surface area contributed by atoms with Crippen molar-refractivity contribution in [2.24, 2.45) is 0 Å². The molecule has 2 aromatic rings. The van der Waals surface area contributed by atoms with Gasteiger partial charge < -0.3 is 10.1 Å². The summed E-state index contributed by atoms with van der Waals surface area (Å²) in [6.45, 7) is 8.36. The van der Waals surface area contributed by atoms with Gasteiger partial charge in [0.1, 0.15) is 0 Å². The molecule has 10 heteroatoms. The van der Waals surface area contributed by atoms with E-state index in [1.807, 2.05) is 38.1 Å². The van der Waals surface area contributed by atoms with Crippen LogP contribution in [0, 0.1) is 6.92 Å². The SMILES string of the molecule is CCOC(=O)C1=C(CN2CCCN(S(=O)(=O)c3ccccc3)CC2)N(CC)C(=O)NC1c1ccc(C)cc1. The zero-order valence-electron chi connectivity index (χ0n) is 22.2. The number of hydrogen-bond donors (Lipinski definition) is 1. The number of hydrogen-bond acceptors (Lipinski definition) is 6. The van der Waals surface area contributed by atoms with Crippen molar-refractivity contribution in [3.63, 3.8) is 0 Å². The molecule has 1 fully saturated rings. The highest BCUT2D eigenvalue weighted by Crippen LogP contribution is 2.32. The van der Waals surface area contributed by atoms with Gasteiger partial charge in [0.2, 0.25) is 10.0 Å². The number of amides is 2. The van der Waals surface area contributed by atoms with Crippen molar-refractivity contribution in [3.05, 3.63) is 77.0 Å². The molecular formula is C28H36N4O5S. The smallest absolute Gasteiger partial charge is 0.338 e. The van der Waals surface area contributed by atoms with Crippen LogP contribution in [0.4, 0.5) is 4.79 Å². The molecule has 2 heterocycles. The molecule has 1 unspecified atom stereocenters. The van der Waals surface area contributed by atoms with Crippen LogP contribution in [-0.2, 0) is 19.6 Å². The molecule has 4 rings (SSSR count). The van der Waals surface area contributed by atoms with Crippen molar-refractivity contribution in [2.75, 3.05) is 45.9 Å². The van der Waals surface area contributed by atoms with Crippen molar-refractivity contribution in [2.45, 2.75) is 38.1 Å². The van der Waals surface area contributed by atoms with E-state index >= 15 is 0 Å². The zero-order valence-corrected chi connectivity index (χ0v) is 23.0. The number of carbonyl (C=O) groups excluding carboxylic acids is 2. The number of esters is 1. The summed E-state index contributed by atoms with van der Waals surface area (Å²) < 4.78 is 33.4. The van der Waals surface area contributed by atoms with Gasteiger partial charge in [0.15, 0.2) is 0 Å². The number of nitrogens with one attached hydrogen (secondary N) is 1. The van der Waals surface area contributed by atoms with Gasteiger partial charge in [0, 0.05) is 38.4 Å². The van der Waals surface area contributed by atoms with Crippen LogP contribution in [0.5, 0.6) is 0 Å². The summed E-state index contributed by atoms with van der Waals surface area (Å²) in [5.74, 6) is -0.463. The van der Waals surface area contributed by atoms with Gasteiger partial charge in [-0.15, -0.1) is 0 Å². The molecular weight excluding hydrogens is 504 g/mol. The fraction of sp³-hybridized carbons (Fsp3) is 0.429. The first-order chi connectivity index (χ1) is 18.3. The molecule has 2 aliphatic rings. The molecule has 0 radical (unpaired) electrons. The van der Waals surface area contributed by atoms with Crippen molar-refractivity contribution >= 4 is 22.0 Å². The lowest BCUT2D eigenvalue weighted by atomic mass is 9.93. The fourth-order valence-electron chi connectivity index (χ4n) is 4.97. The fourth-order valence-corrected chi connectivity index (χ4v) is 6.46. The number of rotatable bonds is 8. The maximum absolute atomic E-state index is 13.3. The minimum absolute atomic E-state index is 0.215. The number of benzene rings is 2. The van der Waals surface area contributed by atoms with E-state index in [-0.39, 0.29) is 17.5 Å². The van der Waals surface area contributed by atoms with Crippen LogP contribution in [0.2, 0.25) is 0 Å². The van der Waals surface area contributed by atoms with Gasteiger partial charge in [-0.25, -0.2) is 18.0 Å². The molecule has 0 saturated carbocycles. The highest BCUT2D eigenvalue weighted by Gasteiger charge is 2.38. The summed E-state index contributed by atoms with van der Waals surface area (Å²) in [6.07, 6.45) is 0.633. The van der Waals surface area contributed by atoms with Gasteiger partial charge in [-0.1, -0.05) is 48.0 Å². The van der Waals surface area contributed by atoms with Crippen molar-refractivity contribution in [1.82, 2.24) is 19.4 Å². The van der Waals surface area contributed by atoms with Gasteiger partial charge in [-0.2, -0.15) is 4.31 Å². The molecule has 1 saturated heterocycles. The van der Waals surface area contributed by atoms with E-state index in [1.54, 1.807) is 42.2 Å². The standard InChI is InChI=1S/C28H36N4O5S/c1-4-32-24(20-30-16-9-17-31(19-18-30)38(35,36)23-10-7-6-8-11-23)25(27(33)37-5-2)26(29-28(32)34)22-14-12-21(3)13-15-22/h6-8,10-15,26H,4-5,9,16-20H2,1-3H3,(H,29,34). The molecule has 2 aliphatic heterocycles. The number of likely N-dealkylation sites (N-methyl/N-ethyl adjacent to an activating group) is 1. The van der Waals surface area contributed by atoms with E-state index in [1.165, 1.54) is 4.31 Å². The maximum atomic E-state index is 13.3. The van der Waals surface area contributed by atoms with E-state index in [2.05, 4.69) is 10.2 Å². The molecule has 2 aromatic carbocycles. The number of carbonyl (C=O) groups is 2. The predicted octanol–water partition coefficient (Wildman–Crippen LogP) is 3.30. The second kappa shape index (κ2) is 12.1. The zero-order chi connectivity index (χ0) is 27.3. The molecule has 2 amide bonds. The third kappa shape index (κ3) is 5.92. The minimum atomic E-state index is -3.60. The van der Waals surface area contributed by atoms with E-state index in [4.69, 9.17) is 4.74 Å². The van der Waals surface area contributed by atoms with Crippen LogP contribution < -0.4 is 5.32 Å². The Morgan fingerprint density at radius 3 is 2.37 bits per heavy atom. The molecule has 0 aliphatic carbocycles. The monoisotopic (exact) mass is 540 g/mol. The molecule has 38 heavy (non-hydrogen) atoms. The van der Waals surface area contributed by atoms with Gasteiger partial charge in [-0.05, 0) is 51.4 Å². The lowest BCUT2D eigenvalue weighted by Crippen LogP contribution is -2.51. The van der Waals surface area contributed by atoms with E-state index in [0.29, 0.717) is 57.0 Å². The topological polar surface area (TPSA) is 99.3 Å². The average molecular weight is 541 g/mol. The minimum Gasteiger partial charge on any atom is -0.463 e. The second-order valence-corrected chi connectivity index (χ2v) is 11.4. The predicted molar refractivity (Wildman–Crippen MR) is 145 cm³/mol. The number of sulfonamides is 1. The highest BCUT2D eigenvalue weighted by molar-refractivity contribution is 7.89.